The zero-order chi connectivity index (χ0) is 8.10. The van der Waals surface area contributed by atoms with E-state index in [4.69, 9.17) is 9.07 Å². The summed E-state index contributed by atoms with van der Waals surface area (Å²) in [6.45, 7) is 3.69. The molecule has 0 aliphatic heterocycles. The molecule has 0 N–H and O–H groups in total. The lowest BCUT2D eigenvalue weighted by molar-refractivity contribution is 1.39. The maximum atomic E-state index is 5.73. The van der Waals surface area contributed by atoms with E-state index in [0.29, 0.717) is 0 Å². The van der Waals surface area contributed by atoms with Crippen LogP contribution >= 0.6 is 9.07 Å². The lowest BCUT2D eigenvalue weighted by Crippen LogP contribution is -1.87. The van der Waals surface area contributed by atoms with Crippen molar-refractivity contribution in [2.24, 2.45) is 0 Å². The summed E-state index contributed by atoms with van der Waals surface area (Å²) in [7, 11) is 5.73. The molecule has 54 valence electrons. The summed E-state index contributed by atoms with van der Waals surface area (Å²) < 4.78 is 1.08. The minimum absolute atomic E-state index is 0.356. The highest BCUT2D eigenvalue weighted by Crippen LogP contribution is 2.05. The summed E-state index contributed by atoms with van der Waals surface area (Å²) in [5.74, 6) is 0. The largest absolute Gasteiger partial charge is 0.505 e. The number of hydrogen-bond acceptors (Lipinski definition) is 0. The summed E-state index contributed by atoms with van der Waals surface area (Å²) in [5.41, 5.74) is 2.52. The first-order chi connectivity index (χ1) is 5.36. The van der Waals surface area contributed by atoms with Gasteiger partial charge in [0.1, 0.15) is 0 Å². The van der Waals surface area contributed by atoms with E-state index in [0.717, 1.165) is 4.55 Å². The standard InChI is InChI=1S/C9H9.ClH.Mg/c1-3-9-6-4-8(2)5-7-9;;/h3-7H,1-2H2;1H;/q;;+1/p-1. The molecule has 1 aromatic rings. The molecule has 1 rings (SSSR count). The molecule has 0 fully saturated rings. The molecule has 1 aromatic carbocycles. The van der Waals surface area contributed by atoms with Crippen molar-refractivity contribution in [2.75, 3.05) is 0 Å². The van der Waals surface area contributed by atoms with Crippen molar-refractivity contribution in [1.82, 2.24) is 0 Å². The van der Waals surface area contributed by atoms with Crippen molar-refractivity contribution in [3.8, 4) is 0 Å². The van der Waals surface area contributed by atoms with E-state index in [1.54, 1.807) is 0 Å². The third-order valence-electron chi connectivity index (χ3n) is 1.60. The van der Waals surface area contributed by atoms with E-state index in [1.807, 2.05) is 6.08 Å². The minimum Gasteiger partial charge on any atom is -0.345 e. The Labute approximate surface area is 80.8 Å². The van der Waals surface area contributed by atoms with Gasteiger partial charge in [-0.1, -0.05) is 47.0 Å². The molecule has 0 spiro atoms. The molecule has 0 saturated heterocycles. The van der Waals surface area contributed by atoms with E-state index in [2.05, 4.69) is 30.8 Å². The molecule has 0 aliphatic rings. The zero-order valence-electron chi connectivity index (χ0n) is 6.39. The molecule has 0 saturated carbocycles. The highest BCUT2D eigenvalue weighted by Gasteiger charge is 1.93. The third kappa shape index (κ3) is 2.85. The Morgan fingerprint density at radius 2 is 2.00 bits per heavy atom. The molecule has 0 unspecified atom stereocenters. The van der Waals surface area contributed by atoms with Crippen LogP contribution in [-0.2, 0) is 4.55 Å². The topological polar surface area (TPSA) is 0 Å². The highest BCUT2D eigenvalue weighted by molar-refractivity contribution is 6.93. The maximum absolute atomic E-state index is 5.73. The van der Waals surface area contributed by atoms with Crippen LogP contribution in [0.4, 0.5) is 0 Å². The van der Waals surface area contributed by atoms with Crippen LogP contribution in [-0.4, -0.2) is 19.3 Å². The predicted molar refractivity (Wildman–Crippen MR) is 51.8 cm³/mol. The number of hydrogen-bond donors (Lipinski definition) is 0. The van der Waals surface area contributed by atoms with Gasteiger partial charge in [0, 0.05) is 0 Å². The van der Waals surface area contributed by atoms with Crippen LogP contribution in [0.5, 0.6) is 0 Å². The Morgan fingerprint density at radius 1 is 1.36 bits per heavy atom. The molecular formula is C9H9ClMg. The second-order valence-electron chi connectivity index (χ2n) is 2.38. The van der Waals surface area contributed by atoms with E-state index < -0.39 is 0 Å². The number of benzene rings is 1. The van der Waals surface area contributed by atoms with Crippen LogP contribution in [0.15, 0.2) is 30.8 Å². The van der Waals surface area contributed by atoms with Gasteiger partial charge in [-0.05, 0) is 5.56 Å². The lowest BCUT2D eigenvalue weighted by atomic mass is 10.1. The molecule has 2 heteroatoms. The summed E-state index contributed by atoms with van der Waals surface area (Å²) in [4.78, 5) is 0. The van der Waals surface area contributed by atoms with Crippen LogP contribution in [0.25, 0.3) is 6.08 Å². The van der Waals surface area contributed by atoms with E-state index in [9.17, 15) is 0 Å². The first-order valence-electron chi connectivity index (χ1n) is 3.64. The minimum atomic E-state index is -0.356. The van der Waals surface area contributed by atoms with Gasteiger partial charge in [-0.15, -0.1) is 0 Å². The predicted octanol–water partition coefficient (Wildman–Crippen LogP) is 2.69. The summed E-state index contributed by atoms with van der Waals surface area (Å²) in [6, 6.07) is 8.38. The normalized spacial score (nSPS) is 8.82. The van der Waals surface area contributed by atoms with Crippen molar-refractivity contribution in [1.29, 1.82) is 0 Å². The van der Waals surface area contributed by atoms with Gasteiger partial charge in [-0.25, -0.2) is 0 Å². The van der Waals surface area contributed by atoms with Gasteiger partial charge >= 0.3 is 19.3 Å². The van der Waals surface area contributed by atoms with Gasteiger partial charge in [-0.3, -0.25) is 0 Å². The fraction of sp³-hybridized carbons (Fsp3) is 0.111. The smallest absolute Gasteiger partial charge is 0.345 e. The molecule has 0 amide bonds. The van der Waals surface area contributed by atoms with E-state index in [-0.39, 0.29) is 19.3 Å². The van der Waals surface area contributed by atoms with Crippen molar-refractivity contribution >= 4 is 34.4 Å². The Morgan fingerprint density at radius 3 is 2.45 bits per heavy atom. The Bertz CT molecular complexity index is 228. The second kappa shape index (κ2) is 4.81. The summed E-state index contributed by atoms with van der Waals surface area (Å²) in [5, 5.41) is 0. The summed E-state index contributed by atoms with van der Waals surface area (Å²) in [6.07, 6.45) is 1.85. The third-order valence-corrected chi connectivity index (χ3v) is 2.93. The molecule has 0 aromatic heterocycles. The van der Waals surface area contributed by atoms with Crippen molar-refractivity contribution in [2.45, 2.75) is 4.55 Å². The van der Waals surface area contributed by atoms with Crippen LogP contribution < -0.4 is 0 Å². The van der Waals surface area contributed by atoms with Crippen LogP contribution in [0.2, 0.25) is 0 Å². The molecule has 0 radical (unpaired) electrons. The number of rotatable bonds is 3. The van der Waals surface area contributed by atoms with Gasteiger partial charge in [0.2, 0.25) is 0 Å². The zero-order valence-corrected chi connectivity index (χ0v) is 8.56. The second-order valence-corrected chi connectivity index (χ2v) is 4.40. The van der Waals surface area contributed by atoms with Gasteiger partial charge in [0.25, 0.3) is 0 Å². The Hall–Kier alpha value is 0.0162. The average molecular weight is 177 g/mol. The average Bonchev–Trinajstić information content (AvgIpc) is 2.07. The van der Waals surface area contributed by atoms with Gasteiger partial charge in [-0.2, -0.15) is 0 Å². The van der Waals surface area contributed by atoms with Crippen LogP contribution in [0.1, 0.15) is 11.1 Å². The SMILES string of the molecule is C=Cc1ccc([CH2][Mg][Cl])cc1. The Kier molecular flexibility index (Phi) is 3.98. The summed E-state index contributed by atoms with van der Waals surface area (Å²) >= 11 is -0.356. The number of halogens is 1. The molecule has 0 aliphatic carbocycles. The van der Waals surface area contributed by atoms with E-state index >= 15 is 0 Å². The molecule has 0 bridgehead atoms. The molecule has 0 heterocycles. The monoisotopic (exact) mass is 176 g/mol. The van der Waals surface area contributed by atoms with Crippen molar-refractivity contribution in [3.63, 3.8) is 0 Å². The van der Waals surface area contributed by atoms with Gasteiger partial charge < -0.3 is 9.07 Å². The van der Waals surface area contributed by atoms with Crippen LogP contribution in [0.3, 0.4) is 0 Å². The van der Waals surface area contributed by atoms with E-state index in [1.165, 1.54) is 11.1 Å². The van der Waals surface area contributed by atoms with Crippen molar-refractivity contribution in [3.05, 3.63) is 42.0 Å². The fourth-order valence-electron chi connectivity index (χ4n) is 0.929. The van der Waals surface area contributed by atoms with Gasteiger partial charge in [0.05, 0.1) is 0 Å². The Balaban J connectivity index is 2.74. The van der Waals surface area contributed by atoms with Crippen LogP contribution in [0, 0.1) is 0 Å². The fourth-order valence-corrected chi connectivity index (χ4v) is 2.14. The highest BCUT2D eigenvalue weighted by atomic mass is 35.5. The van der Waals surface area contributed by atoms with Crippen molar-refractivity contribution < 1.29 is 0 Å². The quantitative estimate of drug-likeness (QED) is 0.622. The molecule has 0 nitrogen and oxygen atoms in total. The lowest BCUT2D eigenvalue weighted by Gasteiger charge is -1.96. The first-order valence-corrected chi connectivity index (χ1v) is 6.78. The maximum Gasteiger partial charge on any atom is 0.505 e. The van der Waals surface area contributed by atoms with Gasteiger partial charge in [0.15, 0.2) is 0 Å². The molecule has 11 heavy (non-hydrogen) atoms. The first kappa shape index (κ1) is 9.11. The molecular weight excluding hydrogens is 168 g/mol. The molecule has 0 atom stereocenters.